The van der Waals surface area contributed by atoms with Gasteiger partial charge < -0.3 is 10.1 Å². The summed E-state index contributed by atoms with van der Waals surface area (Å²) in [6.45, 7) is 6.16. The first kappa shape index (κ1) is 17.2. The highest BCUT2D eigenvalue weighted by atomic mass is 16.5. The third-order valence-corrected chi connectivity index (χ3v) is 3.47. The Labute approximate surface area is 126 Å². The first-order valence-electron chi connectivity index (χ1n) is 7.66. The summed E-state index contributed by atoms with van der Waals surface area (Å²) in [6, 6.07) is 8.85. The van der Waals surface area contributed by atoms with Crippen molar-refractivity contribution in [1.29, 1.82) is 0 Å². The van der Waals surface area contributed by atoms with Gasteiger partial charge in [0.15, 0.2) is 0 Å². The number of amides is 1. The Bertz CT molecular complexity index is 445. The zero-order valence-corrected chi connectivity index (χ0v) is 13.1. The molecule has 0 radical (unpaired) electrons. The predicted octanol–water partition coefficient (Wildman–Crippen LogP) is 3.17. The van der Waals surface area contributed by atoms with E-state index in [0.717, 1.165) is 6.42 Å². The summed E-state index contributed by atoms with van der Waals surface area (Å²) in [6.07, 6.45) is 2.29. The fourth-order valence-electron chi connectivity index (χ4n) is 2.37. The van der Waals surface area contributed by atoms with Crippen molar-refractivity contribution in [2.45, 2.75) is 46.1 Å². The van der Waals surface area contributed by atoms with Crippen LogP contribution in [0.1, 0.15) is 50.4 Å². The van der Waals surface area contributed by atoms with E-state index in [1.807, 2.05) is 32.0 Å². The monoisotopic (exact) mass is 291 g/mol. The van der Waals surface area contributed by atoms with Crippen LogP contribution in [0.3, 0.4) is 0 Å². The highest BCUT2D eigenvalue weighted by molar-refractivity contribution is 5.94. The zero-order chi connectivity index (χ0) is 15.7. The Hall–Kier alpha value is -1.84. The Morgan fingerprint density at radius 2 is 1.81 bits per heavy atom. The lowest BCUT2D eigenvalue weighted by atomic mass is 9.92. The summed E-state index contributed by atoms with van der Waals surface area (Å²) in [5.74, 6) is -0.653. The van der Waals surface area contributed by atoms with Crippen molar-refractivity contribution in [3.05, 3.63) is 35.9 Å². The molecule has 0 aliphatic rings. The lowest BCUT2D eigenvalue weighted by molar-refractivity contribution is -0.149. The van der Waals surface area contributed by atoms with Gasteiger partial charge in [0.2, 0.25) is 0 Å². The van der Waals surface area contributed by atoms with Gasteiger partial charge in [-0.05, 0) is 31.9 Å². The zero-order valence-electron chi connectivity index (χ0n) is 13.1. The van der Waals surface area contributed by atoms with Crippen molar-refractivity contribution in [3.8, 4) is 0 Å². The van der Waals surface area contributed by atoms with E-state index >= 15 is 0 Å². The van der Waals surface area contributed by atoms with E-state index in [1.54, 1.807) is 19.1 Å². The molecular formula is C17H25NO3. The SMILES string of the molecule is CCC[C@H](C(=O)OCC)[C@H](CC)NC(=O)c1ccccc1. The van der Waals surface area contributed by atoms with Crippen molar-refractivity contribution < 1.29 is 14.3 Å². The van der Waals surface area contributed by atoms with E-state index in [9.17, 15) is 9.59 Å². The van der Waals surface area contributed by atoms with Crippen LogP contribution in [-0.4, -0.2) is 24.5 Å². The highest BCUT2D eigenvalue weighted by Crippen LogP contribution is 2.17. The van der Waals surface area contributed by atoms with Crippen LogP contribution in [0.4, 0.5) is 0 Å². The second-order valence-electron chi connectivity index (χ2n) is 5.00. The normalized spacial score (nSPS) is 13.3. The number of nitrogens with one attached hydrogen (secondary N) is 1. The van der Waals surface area contributed by atoms with Gasteiger partial charge in [-0.3, -0.25) is 9.59 Å². The van der Waals surface area contributed by atoms with E-state index in [-0.39, 0.29) is 23.8 Å². The maximum Gasteiger partial charge on any atom is 0.311 e. The molecule has 21 heavy (non-hydrogen) atoms. The Morgan fingerprint density at radius 1 is 1.14 bits per heavy atom. The van der Waals surface area contributed by atoms with Crippen LogP contribution in [0.2, 0.25) is 0 Å². The van der Waals surface area contributed by atoms with Crippen LogP contribution in [0.25, 0.3) is 0 Å². The number of carbonyl (C=O) groups excluding carboxylic acids is 2. The molecule has 0 heterocycles. The molecule has 0 bridgehead atoms. The number of carbonyl (C=O) groups is 2. The van der Waals surface area contributed by atoms with E-state index in [4.69, 9.17) is 4.74 Å². The maximum atomic E-state index is 12.2. The molecule has 1 N–H and O–H groups in total. The summed E-state index contributed by atoms with van der Waals surface area (Å²) < 4.78 is 5.14. The van der Waals surface area contributed by atoms with Gasteiger partial charge in [-0.15, -0.1) is 0 Å². The quantitative estimate of drug-likeness (QED) is 0.748. The molecule has 1 aromatic rings. The molecule has 4 heteroatoms. The van der Waals surface area contributed by atoms with Crippen molar-refractivity contribution in [3.63, 3.8) is 0 Å². The summed E-state index contributed by atoms with van der Waals surface area (Å²) in [4.78, 5) is 24.3. The molecule has 0 aliphatic carbocycles. The summed E-state index contributed by atoms with van der Waals surface area (Å²) >= 11 is 0. The lowest BCUT2D eigenvalue weighted by Crippen LogP contribution is -2.43. The van der Waals surface area contributed by atoms with E-state index in [2.05, 4.69) is 5.32 Å². The topological polar surface area (TPSA) is 55.4 Å². The van der Waals surface area contributed by atoms with Gasteiger partial charge in [-0.2, -0.15) is 0 Å². The largest absolute Gasteiger partial charge is 0.466 e. The van der Waals surface area contributed by atoms with Gasteiger partial charge in [0.25, 0.3) is 5.91 Å². The number of esters is 1. The van der Waals surface area contributed by atoms with E-state index in [0.29, 0.717) is 25.0 Å². The van der Waals surface area contributed by atoms with Gasteiger partial charge in [0, 0.05) is 11.6 Å². The number of rotatable bonds is 8. The van der Waals surface area contributed by atoms with Crippen LogP contribution in [0.15, 0.2) is 30.3 Å². The molecule has 1 amide bonds. The van der Waals surface area contributed by atoms with Crippen LogP contribution in [-0.2, 0) is 9.53 Å². The second-order valence-corrected chi connectivity index (χ2v) is 5.00. The Kier molecular flexibility index (Phi) is 7.51. The average molecular weight is 291 g/mol. The molecule has 0 saturated carbocycles. The van der Waals surface area contributed by atoms with Crippen LogP contribution in [0, 0.1) is 5.92 Å². The fraction of sp³-hybridized carbons (Fsp3) is 0.529. The highest BCUT2D eigenvalue weighted by Gasteiger charge is 2.29. The van der Waals surface area contributed by atoms with Gasteiger partial charge in [-0.1, -0.05) is 38.5 Å². The van der Waals surface area contributed by atoms with E-state index < -0.39 is 0 Å². The fourth-order valence-corrected chi connectivity index (χ4v) is 2.37. The third-order valence-electron chi connectivity index (χ3n) is 3.47. The smallest absolute Gasteiger partial charge is 0.311 e. The van der Waals surface area contributed by atoms with Crippen molar-refractivity contribution in [2.75, 3.05) is 6.61 Å². The lowest BCUT2D eigenvalue weighted by Gasteiger charge is -2.25. The number of ether oxygens (including phenoxy) is 1. The Balaban J connectivity index is 2.78. The molecule has 0 fully saturated rings. The summed E-state index contributed by atoms with van der Waals surface area (Å²) in [7, 11) is 0. The van der Waals surface area contributed by atoms with Crippen LogP contribution >= 0.6 is 0 Å². The molecule has 116 valence electrons. The first-order valence-corrected chi connectivity index (χ1v) is 7.66. The number of benzene rings is 1. The third kappa shape index (κ3) is 5.21. The second kappa shape index (κ2) is 9.16. The minimum absolute atomic E-state index is 0.146. The first-order chi connectivity index (χ1) is 10.1. The number of hydrogen-bond acceptors (Lipinski definition) is 3. The average Bonchev–Trinajstić information content (AvgIpc) is 2.51. The molecular weight excluding hydrogens is 266 g/mol. The van der Waals surface area contributed by atoms with Crippen LogP contribution in [0.5, 0.6) is 0 Å². The summed E-state index contributed by atoms with van der Waals surface area (Å²) in [5, 5.41) is 2.97. The standard InChI is InChI=1S/C17H25NO3/c1-4-10-14(17(20)21-6-3)15(5-2)18-16(19)13-11-8-7-9-12-13/h7-9,11-12,14-15H,4-6,10H2,1-3H3,(H,18,19)/t14-,15-/m0/s1. The molecule has 0 aliphatic heterocycles. The van der Waals surface area contributed by atoms with Gasteiger partial charge in [0.05, 0.1) is 12.5 Å². The molecule has 1 rings (SSSR count). The predicted molar refractivity (Wildman–Crippen MR) is 83.0 cm³/mol. The van der Waals surface area contributed by atoms with Gasteiger partial charge in [-0.25, -0.2) is 0 Å². The minimum Gasteiger partial charge on any atom is -0.466 e. The number of hydrogen-bond donors (Lipinski definition) is 1. The molecule has 1 aromatic carbocycles. The van der Waals surface area contributed by atoms with Crippen LogP contribution < -0.4 is 5.32 Å². The van der Waals surface area contributed by atoms with E-state index in [1.165, 1.54) is 0 Å². The summed E-state index contributed by atoms with van der Waals surface area (Å²) in [5.41, 5.74) is 0.607. The van der Waals surface area contributed by atoms with Gasteiger partial charge in [0.1, 0.15) is 0 Å². The maximum absolute atomic E-state index is 12.2. The van der Waals surface area contributed by atoms with Crippen molar-refractivity contribution >= 4 is 11.9 Å². The minimum atomic E-state index is -0.285. The van der Waals surface area contributed by atoms with Gasteiger partial charge >= 0.3 is 5.97 Å². The molecule has 0 saturated heterocycles. The Morgan fingerprint density at radius 3 is 2.33 bits per heavy atom. The molecule has 0 spiro atoms. The molecule has 0 unspecified atom stereocenters. The molecule has 2 atom stereocenters. The van der Waals surface area contributed by atoms with Crippen molar-refractivity contribution in [2.24, 2.45) is 5.92 Å². The molecule has 0 aromatic heterocycles. The molecule has 4 nitrogen and oxygen atoms in total. The van der Waals surface area contributed by atoms with Crippen molar-refractivity contribution in [1.82, 2.24) is 5.32 Å².